The minimum Gasteiger partial charge on any atom is -0.456 e. The van der Waals surface area contributed by atoms with Gasteiger partial charge in [0.15, 0.2) is 6.61 Å². The number of halogens is 1. The van der Waals surface area contributed by atoms with Gasteiger partial charge in [0, 0.05) is 26.6 Å². The molecular weight excluding hydrogens is 357 g/mol. The molecule has 0 aromatic heterocycles. The molecular formula is C18H22FN3O5. The number of rotatable bonds is 9. The number of esters is 1. The van der Waals surface area contributed by atoms with Gasteiger partial charge in [-0.25, -0.2) is 9.18 Å². The summed E-state index contributed by atoms with van der Waals surface area (Å²) in [5, 5.41) is 2.55. The first-order valence-corrected chi connectivity index (χ1v) is 8.59. The van der Waals surface area contributed by atoms with Crippen molar-refractivity contribution in [1.29, 1.82) is 0 Å². The number of benzene rings is 1. The molecule has 0 radical (unpaired) electrons. The van der Waals surface area contributed by atoms with E-state index in [9.17, 15) is 23.6 Å². The maximum Gasteiger partial charge on any atom is 0.326 e. The van der Waals surface area contributed by atoms with Crippen molar-refractivity contribution in [3.63, 3.8) is 0 Å². The molecule has 8 nitrogen and oxygen atoms in total. The first-order chi connectivity index (χ1) is 12.9. The molecule has 1 saturated heterocycles. The minimum atomic E-state index is -0.591. The van der Waals surface area contributed by atoms with Crippen LogP contribution in [0.4, 0.5) is 9.18 Å². The smallest absolute Gasteiger partial charge is 0.326 e. The number of urea groups is 1. The molecule has 0 bridgehead atoms. The number of hydrogen-bond acceptors (Lipinski definition) is 5. The van der Waals surface area contributed by atoms with Crippen LogP contribution in [-0.4, -0.2) is 66.9 Å². The number of nitrogens with one attached hydrogen (secondary N) is 1. The Hall–Kier alpha value is -2.97. The van der Waals surface area contributed by atoms with Gasteiger partial charge < -0.3 is 15.0 Å². The molecule has 0 aliphatic carbocycles. The molecule has 1 aromatic rings. The molecule has 1 fully saturated rings. The van der Waals surface area contributed by atoms with E-state index < -0.39 is 18.5 Å². The zero-order chi connectivity index (χ0) is 19.8. The summed E-state index contributed by atoms with van der Waals surface area (Å²) in [6.45, 7) is -0.0350. The number of nitrogens with zero attached hydrogens (tertiary/aromatic N) is 2. The van der Waals surface area contributed by atoms with E-state index in [0.717, 1.165) is 4.90 Å². The first-order valence-electron chi connectivity index (χ1n) is 8.59. The number of likely N-dealkylation sites (N-methyl/N-ethyl adjacent to an activating group) is 1. The van der Waals surface area contributed by atoms with Crippen molar-refractivity contribution >= 4 is 23.8 Å². The van der Waals surface area contributed by atoms with Crippen LogP contribution in [0, 0.1) is 5.82 Å². The molecule has 1 heterocycles. The number of hydrogen-bond donors (Lipinski definition) is 1. The van der Waals surface area contributed by atoms with Gasteiger partial charge in [0.1, 0.15) is 12.4 Å². The monoisotopic (exact) mass is 379 g/mol. The first kappa shape index (κ1) is 20.3. The van der Waals surface area contributed by atoms with Crippen LogP contribution < -0.4 is 5.32 Å². The van der Waals surface area contributed by atoms with Crippen molar-refractivity contribution in [3.05, 3.63) is 35.6 Å². The highest BCUT2D eigenvalue weighted by atomic mass is 19.1. The summed E-state index contributed by atoms with van der Waals surface area (Å²) < 4.78 is 18.3. The minimum absolute atomic E-state index is 0.0106. The summed E-state index contributed by atoms with van der Waals surface area (Å²) in [6, 6.07) is 5.89. The normalized spacial score (nSPS) is 13.9. The Morgan fingerprint density at radius 2 is 2.00 bits per heavy atom. The van der Waals surface area contributed by atoms with Crippen LogP contribution in [0.2, 0.25) is 0 Å². The fraction of sp³-hybridized carbons (Fsp3) is 0.444. The van der Waals surface area contributed by atoms with Crippen molar-refractivity contribution in [2.75, 3.05) is 33.3 Å². The van der Waals surface area contributed by atoms with E-state index in [1.54, 1.807) is 18.2 Å². The number of imide groups is 1. The van der Waals surface area contributed by atoms with E-state index in [2.05, 4.69) is 5.32 Å². The zero-order valence-corrected chi connectivity index (χ0v) is 15.1. The Morgan fingerprint density at radius 3 is 2.67 bits per heavy atom. The maximum absolute atomic E-state index is 13.4. The molecule has 9 heteroatoms. The summed E-state index contributed by atoms with van der Waals surface area (Å²) in [5.41, 5.74) is 0.492. The van der Waals surface area contributed by atoms with Gasteiger partial charge in [0.25, 0.3) is 5.91 Å². The Labute approximate surface area is 156 Å². The fourth-order valence-corrected chi connectivity index (χ4v) is 2.58. The van der Waals surface area contributed by atoms with Crippen LogP contribution in [0.15, 0.2) is 24.3 Å². The molecule has 1 aromatic carbocycles. The molecule has 1 aliphatic rings. The summed E-state index contributed by atoms with van der Waals surface area (Å²) in [4.78, 5) is 48.9. The van der Waals surface area contributed by atoms with Crippen molar-refractivity contribution in [2.45, 2.75) is 19.3 Å². The van der Waals surface area contributed by atoms with Gasteiger partial charge in [-0.05, 0) is 24.5 Å². The number of carbonyl (C=O) groups is 4. The second-order valence-electron chi connectivity index (χ2n) is 6.14. The van der Waals surface area contributed by atoms with Gasteiger partial charge in [0.2, 0.25) is 5.91 Å². The maximum atomic E-state index is 13.4. The standard InChI is InChI=1S/C18H22FN3O5/c1-21-11-16(24)22(18(21)26)10-4-7-17(25)27-12-15(23)20-9-8-13-5-2-3-6-14(13)19/h2-3,5-6H,4,7-12H2,1H3,(H,20,23). The van der Waals surface area contributed by atoms with E-state index in [0.29, 0.717) is 12.0 Å². The highest BCUT2D eigenvalue weighted by Crippen LogP contribution is 2.09. The van der Waals surface area contributed by atoms with Crippen molar-refractivity contribution in [3.8, 4) is 0 Å². The summed E-state index contributed by atoms with van der Waals surface area (Å²) in [7, 11) is 1.53. The van der Waals surface area contributed by atoms with E-state index in [1.807, 2.05) is 0 Å². The molecule has 0 unspecified atom stereocenters. The van der Waals surface area contributed by atoms with Gasteiger partial charge in [-0.15, -0.1) is 0 Å². The van der Waals surface area contributed by atoms with Crippen LogP contribution in [0.1, 0.15) is 18.4 Å². The van der Waals surface area contributed by atoms with E-state index in [1.165, 1.54) is 18.0 Å². The lowest BCUT2D eigenvalue weighted by molar-refractivity contribution is -0.148. The molecule has 1 N–H and O–H groups in total. The van der Waals surface area contributed by atoms with Crippen LogP contribution in [0.25, 0.3) is 0 Å². The molecule has 4 amide bonds. The van der Waals surface area contributed by atoms with Gasteiger partial charge in [-0.2, -0.15) is 0 Å². The van der Waals surface area contributed by atoms with Crippen molar-refractivity contribution in [1.82, 2.24) is 15.1 Å². The summed E-state index contributed by atoms with van der Waals surface area (Å²) in [5.74, 6) is -1.71. The molecule has 146 valence electrons. The van der Waals surface area contributed by atoms with Crippen LogP contribution >= 0.6 is 0 Å². The fourth-order valence-electron chi connectivity index (χ4n) is 2.58. The summed E-state index contributed by atoms with van der Waals surface area (Å²) >= 11 is 0. The quantitative estimate of drug-likeness (QED) is 0.503. The molecule has 1 aliphatic heterocycles. The van der Waals surface area contributed by atoms with Crippen LogP contribution in [0.5, 0.6) is 0 Å². The lowest BCUT2D eigenvalue weighted by Gasteiger charge is -2.13. The topological polar surface area (TPSA) is 96.0 Å². The van der Waals surface area contributed by atoms with E-state index in [4.69, 9.17) is 4.74 Å². The molecule has 27 heavy (non-hydrogen) atoms. The Bertz CT molecular complexity index is 725. The predicted octanol–water partition coefficient (Wildman–Crippen LogP) is 0.702. The number of ether oxygens (including phenoxy) is 1. The highest BCUT2D eigenvalue weighted by Gasteiger charge is 2.32. The Morgan fingerprint density at radius 1 is 1.26 bits per heavy atom. The Balaban J connectivity index is 1.58. The molecule has 0 spiro atoms. The van der Waals surface area contributed by atoms with Crippen LogP contribution in [0.3, 0.4) is 0 Å². The third-order valence-corrected chi connectivity index (χ3v) is 4.03. The molecule has 0 saturated carbocycles. The average Bonchev–Trinajstić information content (AvgIpc) is 2.87. The zero-order valence-electron chi connectivity index (χ0n) is 15.1. The third-order valence-electron chi connectivity index (χ3n) is 4.03. The van der Waals surface area contributed by atoms with Gasteiger partial charge in [-0.1, -0.05) is 18.2 Å². The second kappa shape index (κ2) is 9.65. The number of amides is 4. The van der Waals surface area contributed by atoms with E-state index >= 15 is 0 Å². The van der Waals surface area contributed by atoms with Gasteiger partial charge in [0.05, 0.1) is 0 Å². The largest absolute Gasteiger partial charge is 0.456 e. The van der Waals surface area contributed by atoms with Gasteiger partial charge in [-0.3, -0.25) is 19.3 Å². The Kier molecular flexibility index (Phi) is 7.27. The number of carbonyl (C=O) groups excluding carboxylic acids is 4. The van der Waals surface area contributed by atoms with Crippen molar-refractivity contribution < 1.29 is 28.3 Å². The summed E-state index contributed by atoms with van der Waals surface area (Å²) in [6.07, 6.45) is 0.584. The lowest BCUT2D eigenvalue weighted by atomic mass is 10.1. The molecule has 0 atom stereocenters. The van der Waals surface area contributed by atoms with Crippen molar-refractivity contribution in [2.24, 2.45) is 0 Å². The highest BCUT2D eigenvalue weighted by molar-refractivity contribution is 6.01. The van der Waals surface area contributed by atoms with Gasteiger partial charge >= 0.3 is 12.0 Å². The second-order valence-corrected chi connectivity index (χ2v) is 6.14. The predicted molar refractivity (Wildman–Crippen MR) is 93.0 cm³/mol. The van der Waals surface area contributed by atoms with Crippen LogP contribution in [-0.2, 0) is 25.5 Å². The third kappa shape index (κ3) is 6.05. The SMILES string of the molecule is CN1CC(=O)N(CCCC(=O)OCC(=O)NCCc2ccccc2F)C1=O. The van der Waals surface area contributed by atoms with E-state index in [-0.39, 0.29) is 50.2 Å². The molecule has 2 rings (SSSR count). The average molecular weight is 379 g/mol. The lowest BCUT2D eigenvalue weighted by Crippen LogP contribution is -2.33.